The van der Waals surface area contributed by atoms with E-state index in [0.717, 1.165) is 24.5 Å². The number of hydrogen-bond acceptors (Lipinski definition) is 4. The molecule has 2 N–H and O–H groups in total. The molecule has 17 heavy (non-hydrogen) atoms. The molecule has 3 rings (SSSR count). The second-order valence-corrected chi connectivity index (χ2v) is 5.24. The van der Waals surface area contributed by atoms with Crippen LogP contribution in [0.2, 0.25) is 0 Å². The van der Waals surface area contributed by atoms with Gasteiger partial charge in [-0.3, -0.25) is 0 Å². The van der Waals surface area contributed by atoms with Crippen LogP contribution >= 0.6 is 11.3 Å². The fourth-order valence-corrected chi connectivity index (χ4v) is 2.78. The Morgan fingerprint density at radius 2 is 2.35 bits per heavy atom. The van der Waals surface area contributed by atoms with E-state index in [1.807, 2.05) is 11.6 Å². The molecule has 1 aliphatic heterocycles. The normalized spacial score (nSPS) is 17.8. The zero-order valence-electron chi connectivity index (χ0n) is 9.52. The molecule has 1 aliphatic rings. The first-order valence-electron chi connectivity index (χ1n) is 5.85. The lowest BCUT2D eigenvalue weighted by atomic mass is 10.1. The molecule has 4 heteroatoms. The fourth-order valence-electron chi connectivity index (χ4n) is 2.19. The van der Waals surface area contributed by atoms with Gasteiger partial charge < -0.3 is 10.6 Å². The lowest BCUT2D eigenvalue weighted by Gasteiger charge is -2.11. The largest absolute Gasteiger partial charge is 0.380 e. The molecule has 1 unspecified atom stereocenters. The Balaban J connectivity index is 1.49. The van der Waals surface area contributed by atoms with Crippen molar-refractivity contribution < 1.29 is 0 Å². The van der Waals surface area contributed by atoms with Crippen molar-refractivity contribution >= 4 is 17.0 Å². The van der Waals surface area contributed by atoms with E-state index < -0.39 is 0 Å². The minimum atomic E-state index is 0.507. The zero-order chi connectivity index (χ0) is 11.5. The van der Waals surface area contributed by atoms with E-state index in [2.05, 4.69) is 39.9 Å². The van der Waals surface area contributed by atoms with Crippen LogP contribution in [0.25, 0.3) is 0 Å². The fraction of sp³-hybridized carbons (Fsp3) is 0.308. The van der Waals surface area contributed by atoms with Gasteiger partial charge >= 0.3 is 0 Å². The first kappa shape index (κ1) is 10.7. The molecule has 2 heterocycles. The Morgan fingerprint density at radius 1 is 1.41 bits per heavy atom. The molecule has 3 nitrogen and oxygen atoms in total. The van der Waals surface area contributed by atoms with Crippen LogP contribution in [-0.4, -0.2) is 17.6 Å². The molecule has 0 spiro atoms. The van der Waals surface area contributed by atoms with E-state index in [9.17, 15) is 0 Å². The van der Waals surface area contributed by atoms with Gasteiger partial charge in [-0.15, -0.1) is 11.3 Å². The minimum Gasteiger partial charge on any atom is -0.380 e. The van der Waals surface area contributed by atoms with Crippen LogP contribution in [0.15, 0.2) is 35.8 Å². The molecule has 0 saturated carbocycles. The highest BCUT2D eigenvalue weighted by Crippen LogP contribution is 2.24. The number of benzene rings is 1. The molecular weight excluding hydrogens is 230 g/mol. The molecule has 1 aromatic heterocycles. The van der Waals surface area contributed by atoms with Crippen LogP contribution in [0.3, 0.4) is 0 Å². The zero-order valence-corrected chi connectivity index (χ0v) is 10.3. The summed E-state index contributed by atoms with van der Waals surface area (Å²) in [6.45, 7) is 1.85. The van der Waals surface area contributed by atoms with Gasteiger partial charge in [-0.05, 0) is 18.1 Å². The standard InChI is InChI=1S/C13H15N3S/c1-2-4-12-10(3-1)7-11(16-12)8-14-9-13-15-5-6-17-13/h1-6,11,14,16H,7-9H2. The summed E-state index contributed by atoms with van der Waals surface area (Å²) >= 11 is 1.70. The average molecular weight is 245 g/mol. The molecule has 88 valence electrons. The Morgan fingerprint density at radius 3 is 3.18 bits per heavy atom. The average Bonchev–Trinajstić information content (AvgIpc) is 2.96. The lowest BCUT2D eigenvalue weighted by Crippen LogP contribution is -2.30. The summed E-state index contributed by atoms with van der Waals surface area (Å²) in [6, 6.07) is 9.04. The van der Waals surface area contributed by atoms with Gasteiger partial charge in [0, 0.05) is 36.4 Å². The van der Waals surface area contributed by atoms with Crippen molar-refractivity contribution in [2.75, 3.05) is 11.9 Å². The van der Waals surface area contributed by atoms with Crippen LogP contribution in [0.1, 0.15) is 10.6 Å². The highest BCUT2D eigenvalue weighted by Gasteiger charge is 2.18. The smallest absolute Gasteiger partial charge is 0.106 e. The number of hydrogen-bond donors (Lipinski definition) is 2. The number of nitrogens with zero attached hydrogens (tertiary/aromatic N) is 1. The maximum absolute atomic E-state index is 4.26. The second kappa shape index (κ2) is 4.85. The summed E-state index contributed by atoms with van der Waals surface area (Å²) in [5.41, 5.74) is 2.71. The maximum atomic E-state index is 4.26. The molecule has 2 aromatic rings. The van der Waals surface area contributed by atoms with Gasteiger partial charge in [0.05, 0.1) is 0 Å². The van der Waals surface area contributed by atoms with Crippen molar-refractivity contribution in [1.29, 1.82) is 0 Å². The van der Waals surface area contributed by atoms with Gasteiger partial charge in [-0.25, -0.2) is 4.98 Å². The van der Waals surface area contributed by atoms with Crippen LogP contribution in [0, 0.1) is 0 Å². The molecule has 0 radical (unpaired) electrons. The molecular formula is C13H15N3S. The van der Waals surface area contributed by atoms with Gasteiger partial charge in [0.25, 0.3) is 0 Å². The summed E-state index contributed by atoms with van der Waals surface area (Å²) in [7, 11) is 0. The molecule has 0 aliphatic carbocycles. The number of anilines is 1. The highest BCUT2D eigenvalue weighted by atomic mass is 32.1. The first-order chi connectivity index (χ1) is 8.42. The summed E-state index contributed by atoms with van der Waals surface area (Å²) in [5, 5.41) is 10.2. The number of nitrogens with one attached hydrogen (secondary N) is 2. The van der Waals surface area contributed by atoms with E-state index in [1.54, 1.807) is 11.3 Å². The second-order valence-electron chi connectivity index (χ2n) is 4.26. The highest BCUT2D eigenvalue weighted by molar-refractivity contribution is 7.09. The Hall–Kier alpha value is -1.39. The van der Waals surface area contributed by atoms with Gasteiger partial charge in [-0.2, -0.15) is 0 Å². The Labute approximate surface area is 105 Å². The Bertz CT molecular complexity index is 456. The van der Waals surface area contributed by atoms with Gasteiger partial charge in [0.1, 0.15) is 5.01 Å². The van der Waals surface area contributed by atoms with E-state index in [4.69, 9.17) is 0 Å². The summed E-state index contributed by atoms with van der Waals surface area (Å²) in [5.74, 6) is 0. The predicted octanol–water partition coefficient (Wildman–Crippen LogP) is 2.27. The minimum absolute atomic E-state index is 0.507. The number of rotatable bonds is 4. The first-order valence-corrected chi connectivity index (χ1v) is 6.73. The molecule has 0 saturated heterocycles. The predicted molar refractivity (Wildman–Crippen MR) is 71.4 cm³/mol. The maximum Gasteiger partial charge on any atom is 0.106 e. The molecule has 1 atom stereocenters. The summed E-state index contributed by atoms with van der Waals surface area (Å²) in [6.07, 6.45) is 2.96. The van der Waals surface area contributed by atoms with Crippen molar-refractivity contribution in [3.8, 4) is 0 Å². The SMILES string of the molecule is c1ccc2c(c1)CC(CNCc1nccs1)N2. The van der Waals surface area contributed by atoms with Gasteiger partial charge in [-0.1, -0.05) is 18.2 Å². The third-order valence-electron chi connectivity index (χ3n) is 2.99. The van der Waals surface area contributed by atoms with Crippen LogP contribution in [0.5, 0.6) is 0 Å². The van der Waals surface area contributed by atoms with E-state index in [1.165, 1.54) is 11.3 Å². The third kappa shape index (κ3) is 2.48. The molecule has 1 aromatic carbocycles. The van der Waals surface area contributed by atoms with Gasteiger partial charge in [0.15, 0.2) is 0 Å². The quantitative estimate of drug-likeness (QED) is 0.867. The van der Waals surface area contributed by atoms with E-state index in [-0.39, 0.29) is 0 Å². The van der Waals surface area contributed by atoms with Crippen molar-refractivity contribution in [3.05, 3.63) is 46.4 Å². The topological polar surface area (TPSA) is 37.0 Å². The van der Waals surface area contributed by atoms with Crippen molar-refractivity contribution in [3.63, 3.8) is 0 Å². The molecule has 0 amide bonds. The monoisotopic (exact) mass is 245 g/mol. The van der Waals surface area contributed by atoms with Crippen molar-refractivity contribution in [2.45, 2.75) is 19.0 Å². The van der Waals surface area contributed by atoms with Crippen LogP contribution in [0.4, 0.5) is 5.69 Å². The number of aromatic nitrogens is 1. The third-order valence-corrected chi connectivity index (χ3v) is 3.77. The van der Waals surface area contributed by atoms with Crippen LogP contribution < -0.4 is 10.6 Å². The van der Waals surface area contributed by atoms with Crippen molar-refractivity contribution in [1.82, 2.24) is 10.3 Å². The van der Waals surface area contributed by atoms with Gasteiger partial charge in [0.2, 0.25) is 0 Å². The van der Waals surface area contributed by atoms with Crippen LogP contribution in [-0.2, 0) is 13.0 Å². The number of fused-ring (bicyclic) bond motifs is 1. The van der Waals surface area contributed by atoms with E-state index in [0.29, 0.717) is 6.04 Å². The van der Waals surface area contributed by atoms with E-state index >= 15 is 0 Å². The molecule has 0 bridgehead atoms. The number of thiazole rings is 1. The summed E-state index contributed by atoms with van der Waals surface area (Å²) < 4.78 is 0. The Kier molecular flexibility index (Phi) is 3.07. The lowest BCUT2D eigenvalue weighted by molar-refractivity contribution is 0.613. The van der Waals surface area contributed by atoms with Crippen molar-refractivity contribution in [2.24, 2.45) is 0 Å². The molecule has 0 fully saturated rings. The summed E-state index contributed by atoms with van der Waals surface area (Å²) in [4.78, 5) is 4.26. The number of para-hydroxylation sites is 1.